The van der Waals surface area contributed by atoms with E-state index in [1.807, 2.05) is 0 Å². The number of rotatable bonds is 1. The zero-order chi connectivity index (χ0) is 9.26. The van der Waals surface area contributed by atoms with Gasteiger partial charge >= 0.3 is 6.01 Å². The van der Waals surface area contributed by atoms with Crippen LogP contribution in [0.15, 0.2) is 28.8 Å². The van der Waals surface area contributed by atoms with E-state index < -0.39 is 0 Å². The highest BCUT2D eigenvalue weighted by atomic mass is 19.1. The average molecular weight is 179 g/mol. The molecule has 1 aromatic carbocycles. The summed E-state index contributed by atoms with van der Waals surface area (Å²) in [5, 5.41) is 3.58. The van der Waals surface area contributed by atoms with Crippen molar-refractivity contribution in [2.24, 2.45) is 0 Å². The fourth-order valence-corrected chi connectivity index (χ4v) is 0.951. The van der Waals surface area contributed by atoms with E-state index in [1.54, 1.807) is 12.1 Å². The van der Waals surface area contributed by atoms with Crippen molar-refractivity contribution >= 4 is 6.01 Å². The quantitative estimate of drug-likeness (QED) is 0.719. The highest BCUT2D eigenvalue weighted by molar-refractivity contribution is 5.54. The summed E-state index contributed by atoms with van der Waals surface area (Å²) in [4.78, 5) is 3.79. The second kappa shape index (κ2) is 2.85. The van der Waals surface area contributed by atoms with Gasteiger partial charge in [0.25, 0.3) is 0 Å². The molecule has 0 saturated heterocycles. The van der Waals surface area contributed by atoms with Crippen molar-refractivity contribution in [3.05, 3.63) is 30.1 Å². The molecule has 0 saturated carbocycles. The van der Waals surface area contributed by atoms with Gasteiger partial charge in [-0.3, -0.25) is 0 Å². The third-order valence-electron chi connectivity index (χ3n) is 1.54. The smallest absolute Gasteiger partial charge is 0.319 e. The zero-order valence-corrected chi connectivity index (χ0v) is 6.57. The third-order valence-corrected chi connectivity index (χ3v) is 1.54. The molecule has 1 aromatic heterocycles. The summed E-state index contributed by atoms with van der Waals surface area (Å²) in [5.41, 5.74) is 5.90. The SMILES string of the molecule is Nc1nc(-c2ccc(F)cc2)no1. The Morgan fingerprint density at radius 3 is 2.46 bits per heavy atom. The highest BCUT2D eigenvalue weighted by Crippen LogP contribution is 2.16. The number of aromatic nitrogens is 2. The van der Waals surface area contributed by atoms with Crippen LogP contribution in [0.1, 0.15) is 0 Å². The molecule has 2 N–H and O–H groups in total. The molecule has 0 aliphatic heterocycles. The van der Waals surface area contributed by atoms with Crippen LogP contribution in [-0.2, 0) is 0 Å². The Morgan fingerprint density at radius 2 is 1.92 bits per heavy atom. The number of benzene rings is 1. The minimum absolute atomic E-state index is 0.000625. The first-order valence-corrected chi connectivity index (χ1v) is 3.61. The molecule has 0 radical (unpaired) electrons. The number of nitrogen functional groups attached to an aromatic ring is 1. The predicted octanol–water partition coefficient (Wildman–Crippen LogP) is 1.46. The van der Waals surface area contributed by atoms with Crippen LogP contribution in [0.4, 0.5) is 10.4 Å². The fraction of sp³-hybridized carbons (Fsp3) is 0. The molecule has 2 rings (SSSR count). The van der Waals surface area contributed by atoms with Gasteiger partial charge in [0.1, 0.15) is 5.82 Å². The lowest BCUT2D eigenvalue weighted by Crippen LogP contribution is -1.84. The maximum Gasteiger partial charge on any atom is 0.319 e. The lowest BCUT2D eigenvalue weighted by molar-refractivity contribution is 0.437. The Balaban J connectivity index is 2.41. The monoisotopic (exact) mass is 179 g/mol. The normalized spacial score (nSPS) is 10.2. The van der Waals surface area contributed by atoms with Crippen LogP contribution in [-0.4, -0.2) is 10.1 Å². The van der Waals surface area contributed by atoms with Crippen LogP contribution in [0.5, 0.6) is 0 Å². The Morgan fingerprint density at radius 1 is 1.23 bits per heavy atom. The molecule has 5 heteroatoms. The number of halogens is 1. The summed E-state index contributed by atoms with van der Waals surface area (Å²) >= 11 is 0. The average Bonchev–Trinajstić information content (AvgIpc) is 2.53. The lowest BCUT2D eigenvalue weighted by atomic mass is 10.2. The topological polar surface area (TPSA) is 64.9 Å². The molecule has 66 valence electrons. The van der Waals surface area contributed by atoms with Crippen LogP contribution >= 0.6 is 0 Å². The van der Waals surface area contributed by atoms with Gasteiger partial charge in [-0.25, -0.2) is 4.39 Å². The van der Waals surface area contributed by atoms with Crippen LogP contribution in [0.2, 0.25) is 0 Å². The van der Waals surface area contributed by atoms with Crippen molar-refractivity contribution in [3.63, 3.8) is 0 Å². The summed E-state index contributed by atoms with van der Waals surface area (Å²) in [7, 11) is 0. The number of nitrogens with two attached hydrogens (primary N) is 1. The first-order valence-electron chi connectivity index (χ1n) is 3.61. The van der Waals surface area contributed by atoms with Crippen molar-refractivity contribution in [2.75, 3.05) is 5.73 Å². The van der Waals surface area contributed by atoms with Crippen molar-refractivity contribution in [3.8, 4) is 11.4 Å². The molecule has 0 spiro atoms. The molecule has 1 heterocycles. The van der Waals surface area contributed by atoms with Crippen LogP contribution in [0.3, 0.4) is 0 Å². The van der Waals surface area contributed by atoms with Gasteiger partial charge in [0.15, 0.2) is 0 Å². The molecule has 4 nitrogen and oxygen atoms in total. The number of hydrogen-bond donors (Lipinski definition) is 1. The van der Waals surface area contributed by atoms with Gasteiger partial charge in [0, 0.05) is 5.56 Å². The summed E-state index contributed by atoms with van der Waals surface area (Å²) in [5.74, 6) is 0.0534. The lowest BCUT2D eigenvalue weighted by Gasteiger charge is -1.91. The van der Waals surface area contributed by atoms with Gasteiger partial charge in [-0.1, -0.05) is 5.16 Å². The van der Waals surface area contributed by atoms with E-state index >= 15 is 0 Å². The molecule has 0 bridgehead atoms. The van der Waals surface area contributed by atoms with E-state index in [2.05, 4.69) is 14.7 Å². The second-order valence-corrected chi connectivity index (χ2v) is 2.46. The third kappa shape index (κ3) is 1.48. The molecule has 0 aliphatic rings. The summed E-state index contributed by atoms with van der Waals surface area (Å²) in [6.07, 6.45) is 0. The largest absolute Gasteiger partial charge is 0.351 e. The fourth-order valence-electron chi connectivity index (χ4n) is 0.951. The van der Waals surface area contributed by atoms with Crippen molar-refractivity contribution < 1.29 is 8.91 Å². The Hall–Kier alpha value is -1.91. The highest BCUT2D eigenvalue weighted by Gasteiger charge is 2.04. The maximum absolute atomic E-state index is 12.5. The molecule has 13 heavy (non-hydrogen) atoms. The summed E-state index contributed by atoms with van der Waals surface area (Å²) in [6, 6.07) is 5.75. The van der Waals surface area contributed by atoms with Crippen LogP contribution in [0, 0.1) is 5.82 Å². The standard InChI is InChI=1S/C8H6FN3O/c9-6-3-1-5(2-4-6)7-11-8(10)13-12-7/h1-4H,(H2,10,11,12). The molecule has 0 atom stereocenters. The molecule has 0 aliphatic carbocycles. The van der Waals surface area contributed by atoms with Gasteiger partial charge in [0.2, 0.25) is 5.82 Å². The Labute approximate surface area is 73.2 Å². The van der Waals surface area contributed by atoms with E-state index in [-0.39, 0.29) is 11.8 Å². The van der Waals surface area contributed by atoms with Crippen molar-refractivity contribution in [1.29, 1.82) is 0 Å². The van der Waals surface area contributed by atoms with Gasteiger partial charge in [-0.2, -0.15) is 4.98 Å². The molecule has 0 fully saturated rings. The first kappa shape index (κ1) is 7.72. The van der Waals surface area contributed by atoms with Gasteiger partial charge in [-0.15, -0.1) is 0 Å². The molecule has 0 unspecified atom stereocenters. The predicted molar refractivity (Wildman–Crippen MR) is 44.1 cm³/mol. The van der Waals surface area contributed by atoms with E-state index in [0.717, 1.165) is 0 Å². The minimum atomic E-state index is -0.305. The van der Waals surface area contributed by atoms with Crippen molar-refractivity contribution in [2.45, 2.75) is 0 Å². The van der Waals surface area contributed by atoms with Crippen molar-refractivity contribution in [1.82, 2.24) is 10.1 Å². The Kier molecular flexibility index (Phi) is 1.70. The number of nitrogens with zero attached hydrogens (tertiary/aromatic N) is 2. The number of anilines is 1. The summed E-state index contributed by atoms with van der Waals surface area (Å²) < 4.78 is 17.1. The van der Waals surface area contributed by atoms with Crippen LogP contribution < -0.4 is 5.73 Å². The van der Waals surface area contributed by atoms with E-state index in [4.69, 9.17) is 5.73 Å². The summed E-state index contributed by atoms with van der Waals surface area (Å²) in [6.45, 7) is 0. The first-order chi connectivity index (χ1) is 6.25. The molecule has 0 amide bonds. The van der Waals surface area contributed by atoms with Gasteiger partial charge in [0.05, 0.1) is 0 Å². The second-order valence-electron chi connectivity index (χ2n) is 2.46. The van der Waals surface area contributed by atoms with Gasteiger partial charge in [-0.05, 0) is 24.3 Å². The minimum Gasteiger partial charge on any atom is -0.351 e. The Bertz CT molecular complexity index is 410. The zero-order valence-electron chi connectivity index (χ0n) is 6.57. The van der Waals surface area contributed by atoms with E-state index in [1.165, 1.54) is 12.1 Å². The van der Waals surface area contributed by atoms with Crippen LogP contribution in [0.25, 0.3) is 11.4 Å². The molecule has 2 aromatic rings. The molecular formula is C8H6FN3O. The molecular weight excluding hydrogens is 173 g/mol. The van der Waals surface area contributed by atoms with E-state index in [9.17, 15) is 4.39 Å². The maximum atomic E-state index is 12.5. The van der Waals surface area contributed by atoms with Gasteiger partial charge < -0.3 is 10.3 Å². The number of hydrogen-bond acceptors (Lipinski definition) is 4. The van der Waals surface area contributed by atoms with E-state index in [0.29, 0.717) is 11.4 Å².